The van der Waals surface area contributed by atoms with Crippen molar-refractivity contribution in [1.82, 2.24) is 16.0 Å². The lowest BCUT2D eigenvalue weighted by atomic mass is 9.98. The topological polar surface area (TPSA) is 99.7 Å². The number of fused-ring (bicyclic) bond motifs is 14. The number of rotatable bonds is 7. The Hall–Kier alpha value is -2.12. The average molecular weight is 462 g/mol. The summed E-state index contributed by atoms with van der Waals surface area (Å²) in [6.45, 7) is 9.97. The van der Waals surface area contributed by atoms with Crippen molar-refractivity contribution < 1.29 is 19.4 Å². The van der Waals surface area contributed by atoms with E-state index in [0.717, 1.165) is 43.5 Å². The maximum atomic E-state index is 13.2. The molecule has 2 aliphatic rings. The Kier molecular flexibility index (Phi) is 11.7. The molecule has 186 valence electrons. The highest BCUT2D eigenvalue weighted by atomic mass is 16.5. The number of benzene rings is 1. The van der Waals surface area contributed by atoms with Gasteiger partial charge in [0.05, 0.1) is 18.8 Å². The van der Waals surface area contributed by atoms with Crippen molar-refractivity contribution >= 4 is 11.8 Å². The first-order valence-electron chi connectivity index (χ1n) is 12.5. The van der Waals surface area contributed by atoms with Crippen LogP contribution in [0.25, 0.3) is 0 Å². The zero-order chi connectivity index (χ0) is 24.2. The molecular weight excluding hydrogens is 418 g/mol. The summed E-state index contributed by atoms with van der Waals surface area (Å²) in [5.74, 6) is 0.947. The first-order valence-corrected chi connectivity index (χ1v) is 12.5. The molecule has 1 aromatic carbocycles. The van der Waals surface area contributed by atoms with Gasteiger partial charge in [-0.2, -0.15) is 0 Å². The van der Waals surface area contributed by atoms with Gasteiger partial charge in [-0.05, 0) is 68.2 Å². The van der Waals surface area contributed by atoms with E-state index in [9.17, 15) is 14.7 Å². The van der Waals surface area contributed by atoms with E-state index >= 15 is 0 Å². The number of carbonyl (C=O) groups is 2. The van der Waals surface area contributed by atoms with Gasteiger partial charge in [-0.1, -0.05) is 39.8 Å². The number of aliphatic hydroxyl groups is 1. The molecule has 0 fully saturated rings. The van der Waals surface area contributed by atoms with E-state index in [1.807, 2.05) is 38.1 Å². The first-order chi connectivity index (χ1) is 15.8. The second-order valence-electron chi connectivity index (χ2n) is 9.87. The highest BCUT2D eigenvalue weighted by molar-refractivity contribution is 5.88. The third-order valence-corrected chi connectivity index (χ3v) is 6.01. The third-order valence-electron chi connectivity index (χ3n) is 6.01. The fourth-order valence-corrected chi connectivity index (χ4v) is 3.85. The van der Waals surface area contributed by atoms with Gasteiger partial charge < -0.3 is 25.8 Å². The van der Waals surface area contributed by atoms with Gasteiger partial charge in [-0.15, -0.1) is 0 Å². The Morgan fingerprint density at radius 3 is 2.45 bits per heavy atom. The number of aliphatic hydroxyl groups excluding tert-OH is 1. The summed E-state index contributed by atoms with van der Waals surface area (Å²) in [6, 6.07) is 6.70. The van der Waals surface area contributed by atoms with E-state index < -0.39 is 18.2 Å². The zero-order valence-corrected chi connectivity index (χ0v) is 20.7. The minimum absolute atomic E-state index is 0.0642. The van der Waals surface area contributed by atoms with Crippen molar-refractivity contribution in [3.05, 3.63) is 29.8 Å². The molecule has 0 spiro atoms. The maximum Gasteiger partial charge on any atom is 0.243 e. The average Bonchev–Trinajstić information content (AvgIpc) is 2.77. The molecule has 4 N–H and O–H groups in total. The Labute approximate surface area is 199 Å². The smallest absolute Gasteiger partial charge is 0.243 e. The van der Waals surface area contributed by atoms with Crippen LogP contribution in [0.3, 0.4) is 0 Å². The van der Waals surface area contributed by atoms with Crippen LogP contribution in [0.5, 0.6) is 5.75 Å². The molecule has 0 radical (unpaired) electrons. The van der Waals surface area contributed by atoms with Crippen molar-refractivity contribution in [1.29, 1.82) is 0 Å². The van der Waals surface area contributed by atoms with Crippen molar-refractivity contribution in [3.63, 3.8) is 0 Å². The van der Waals surface area contributed by atoms with E-state index in [4.69, 9.17) is 4.74 Å². The zero-order valence-electron chi connectivity index (χ0n) is 20.7. The number of hydrogen-bond donors (Lipinski definition) is 4. The van der Waals surface area contributed by atoms with E-state index in [-0.39, 0.29) is 17.7 Å². The molecule has 0 saturated carbocycles. The van der Waals surface area contributed by atoms with Crippen molar-refractivity contribution in [2.45, 2.75) is 84.4 Å². The van der Waals surface area contributed by atoms with Crippen LogP contribution >= 0.6 is 0 Å². The highest BCUT2D eigenvalue weighted by Crippen LogP contribution is 2.16. The van der Waals surface area contributed by atoms with E-state index in [1.54, 1.807) is 0 Å². The molecule has 0 aliphatic carbocycles. The minimum Gasteiger partial charge on any atom is -0.494 e. The molecule has 2 amide bonds. The molecule has 2 bridgehead atoms. The van der Waals surface area contributed by atoms with Crippen LogP contribution in [-0.4, -0.2) is 54.8 Å². The minimum atomic E-state index is -0.761. The van der Waals surface area contributed by atoms with Crippen molar-refractivity contribution in [2.24, 2.45) is 11.8 Å². The summed E-state index contributed by atoms with van der Waals surface area (Å²) in [6.07, 6.45) is 3.65. The molecule has 33 heavy (non-hydrogen) atoms. The lowest BCUT2D eigenvalue weighted by molar-refractivity contribution is -0.131. The predicted octanol–water partition coefficient (Wildman–Crippen LogP) is 2.80. The summed E-state index contributed by atoms with van der Waals surface area (Å²) in [4.78, 5) is 25.6. The highest BCUT2D eigenvalue weighted by Gasteiger charge is 2.29. The van der Waals surface area contributed by atoms with Crippen molar-refractivity contribution in [2.75, 3.05) is 19.7 Å². The molecule has 2 heterocycles. The molecule has 7 nitrogen and oxygen atoms in total. The molecule has 0 saturated heterocycles. The van der Waals surface area contributed by atoms with Crippen LogP contribution in [0.4, 0.5) is 0 Å². The molecular formula is C26H43N3O4. The summed E-state index contributed by atoms with van der Waals surface area (Å²) >= 11 is 0. The summed E-state index contributed by atoms with van der Waals surface area (Å²) in [5, 5.41) is 20.2. The van der Waals surface area contributed by atoms with E-state index in [0.29, 0.717) is 31.9 Å². The quantitative estimate of drug-likeness (QED) is 0.468. The Balaban J connectivity index is 2.17. The van der Waals surface area contributed by atoms with Gasteiger partial charge in [0.2, 0.25) is 11.8 Å². The van der Waals surface area contributed by atoms with Crippen LogP contribution in [0.15, 0.2) is 24.3 Å². The largest absolute Gasteiger partial charge is 0.494 e. The SMILES string of the molecule is CC(C)CCNC[C@@H](O)[C@@H]1Cc2ccc(cc2)OCCCCCC(=O)N[C@@H](C(C)C)C(=O)N1. The lowest BCUT2D eigenvalue weighted by Gasteiger charge is -2.29. The van der Waals surface area contributed by atoms with Gasteiger partial charge in [0, 0.05) is 13.0 Å². The fraction of sp³-hybridized carbons (Fsp3) is 0.692. The van der Waals surface area contributed by atoms with Gasteiger partial charge in [0.15, 0.2) is 0 Å². The molecule has 3 rings (SSSR count). The number of carbonyl (C=O) groups excluding carboxylic acids is 2. The van der Waals surface area contributed by atoms with Crippen LogP contribution in [-0.2, 0) is 16.0 Å². The number of hydrogen-bond acceptors (Lipinski definition) is 5. The second kappa shape index (κ2) is 14.2. The monoisotopic (exact) mass is 461 g/mol. The molecule has 7 heteroatoms. The number of nitrogens with one attached hydrogen (secondary N) is 3. The van der Waals surface area contributed by atoms with Gasteiger partial charge in [-0.3, -0.25) is 9.59 Å². The van der Waals surface area contributed by atoms with Gasteiger partial charge in [0.25, 0.3) is 0 Å². The fourth-order valence-electron chi connectivity index (χ4n) is 3.85. The molecule has 1 aromatic rings. The number of amides is 2. The van der Waals surface area contributed by atoms with E-state index in [2.05, 4.69) is 29.8 Å². The molecule has 3 atom stereocenters. The van der Waals surface area contributed by atoms with Gasteiger partial charge >= 0.3 is 0 Å². The van der Waals surface area contributed by atoms with Crippen LogP contribution in [0, 0.1) is 11.8 Å². The van der Waals surface area contributed by atoms with E-state index in [1.165, 1.54) is 0 Å². The molecule has 0 unspecified atom stereocenters. The summed E-state index contributed by atoms with van der Waals surface area (Å²) < 4.78 is 5.81. The van der Waals surface area contributed by atoms with Crippen LogP contribution < -0.4 is 20.7 Å². The van der Waals surface area contributed by atoms with Gasteiger partial charge in [-0.25, -0.2) is 0 Å². The Bertz CT molecular complexity index is 721. The molecule has 0 aromatic heterocycles. The van der Waals surface area contributed by atoms with Gasteiger partial charge in [0.1, 0.15) is 11.8 Å². The summed E-state index contributed by atoms with van der Waals surface area (Å²) in [5.41, 5.74) is 1.00. The summed E-state index contributed by atoms with van der Waals surface area (Å²) in [7, 11) is 0. The first kappa shape index (κ1) is 27.1. The standard InChI is InChI=1S/C26H43N3O4/c1-18(2)13-14-27-17-23(30)22-16-20-9-11-21(12-10-20)33-15-7-5-6-8-24(31)29-25(19(3)4)26(32)28-22/h9-12,18-19,22-23,25,27,30H,5-8,13-17H2,1-4H3,(H,28,32)(H,29,31)/t22-,23+,25-/m0/s1. The van der Waals surface area contributed by atoms with Crippen molar-refractivity contribution in [3.8, 4) is 5.75 Å². The second-order valence-corrected chi connectivity index (χ2v) is 9.87. The molecule has 2 aliphatic heterocycles. The normalized spacial score (nSPS) is 21.9. The van der Waals surface area contributed by atoms with Crippen LogP contribution in [0.2, 0.25) is 0 Å². The number of ether oxygens (including phenoxy) is 1. The lowest BCUT2D eigenvalue weighted by Crippen LogP contribution is -2.56. The Morgan fingerprint density at radius 1 is 1.06 bits per heavy atom. The third kappa shape index (κ3) is 10.1. The predicted molar refractivity (Wildman–Crippen MR) is 131 cm³/mol. The Morgan fingerprint density at radius 2 is 1.79 bits per heavy atom. The maximum absolute atomic E-state index is 13.2. The van der Waals surface area contributed by atoms with Crippen LogP contribution in [0.1, 0.15) is 65.4 Å².